The molecule has 2 bridgehead atoms. The van der Waals surface area contributed by atoms with Gasteiger partial charge in [0.25, 0.3) is 0 Å². The van der Waals surface area contributed by atoms with Gasteiger partial charge in [0.15, 0.2) is 0 Å². The Balaban J connectivity index is 2.00. The van der Waals surface area contributed by atoms with Crippen molar-refractivity contribution in [1.29, 1.82) is 0 Å². The Morgan fingerprint density at radius 3 is 2.85 bits per heavy atom. The molecule has 0 aromatic heterocycles. The smallest absolute Gasteiger partial charge is 0.410 e. The number of alkyl halides is 2. The van der Waals surface area contributed by atoms with E-state index in [2.05, 4.69) is 15.9 Å². The van der Waals surface area contributed by atoms with E-state index < -0.39 is 6.17 Å². The lowest BCUT2D eigenvalue weighted by Crippen LogP contribution is -2.52. The second-order valence-corrected chi connectivity index (χ2v) is 4.45. The molecule has 2 heterocycles. The number of carbonyl (C=O) groups excluding carboxylic acids is 1. The number of amides is 1. The number of carbonyl (C=O) groups is 1. The van der Waals surface area contributed by atoms with Crippen molar-refractivity contribution in [3.05, 3.63) is 0 Å². The molecule has 0 spiro atoms. The Labute approximate surface area is 84.4 Å². The van der Waals surface area contributed by atoms with Crippen molar-refractivity contribution < 1.29 is 13.9 Å². The van der Waals surface area contributed by atoms with Crippen molar-refractivity contribution in [2.75, 3.05) is 13.2 Å². The highest BCUT2D eigenvalue weighted by atomic mass is 79.9. The summed E-state index contributed by atoms with van der Waals surface area (Å²) >= 11 is 3.36. The first-order chi connectivity index (χ1) is 6.16. The van der Waals surface area contributed by atoms with Gasteiger partial charge in [0, 0.05) is 17.3 Å². The van der Waals surface area contributed by atoms with E-state index in [1.807, 2.05) is 0 Å². The maximum Gasteiger partial charge on any atom is 0.410 e. The second-order valence-electron chi connectivity index (χ2n) is 3.39. The van der Waals surface area contributed by atoms with Crippen LogP contribution in [0, 0.1) is 5.92 Å². The molecule has 0 unspecified atom stereocenters. The molecule has 1 amide bonds. The van der Waals surface area contributed by atoms with Crippen molar-refractivity contribution in [2.24, 2.45) is 5.92 Å². The Kier molecular flexibility index (Phi) is 2.21. The zero-order valence-corrected chi connectivity index (χ0v) is 8.83. The maximum absolute atomic E-state index is 13.2. The van der Waals surface area contributed by atoms with Crippen LogP contribution in [0.2, 0.25) is 0 Å². The number of rotatable bonds is 1. The SMILES string of the molecule is CCOC(=O)N1C[C@@H]2[C@@H](F)[C@H]1[C@@H]2Br. The molecule has 2 aliphatic heterocycles. The van der Waals surface area contributed by atoms with Gasteiger partial charge in [0.05, 0.1) is 12.6 Å². The molecule has 4 atom stereocenters. The standard InChI is InChI=1S/C8H11BrFNO2/c1-2-13-8(12)11-3-4-5(9)7(11)6(4)10/h4-7H,2-3H2,1H3/t4-,5+,6+,7+/m0/s1. The van der Waals surface area contributed by atoms with Crippen LogP contribution in [0.3, 0.4) is 0 Å². The van der Waals surface area contributed by atoms with Crippen molar-refractivity contribution in [2.45, 2.75) is 24.0 Å². The summed E-state index contributed by atoms with van der Waals surface area (Å²) in [5, 5.41) is 0. The lowest BCUT2D eigenvalue weighted by Gasteiger charge is -2.35. The third kappa shape index (κ3) is 1.16. The van der Waals surface area contributed by atoms with Gasteiger partial charge in [-0.1, -0.05) is 15.9 Å². The fourth-order valence-electron chi connectivity index (χ4n) is 2.01. The van der Waals surface area contributed by atoms with E-state index in [1.54, 1.807) is 6.92 Å². The van der Waals surface area contributed by atoms with Crippen molar-refractivity contribution >= 4 is 22.0 Å². The normalized spacial score (nSPS) is 41.6. The third-order valence-electron chi connectivity index (χ3n) is 2.74. The molecule has 3 nitrogen and oxygen atoms in total. The highest BCUT2D eigenvalue weighted by Gasteiger charge is 2.61. The molecule has 3 fully saturated rings. The predicted octanol–water partition coefficient (Wildman–Crippen LogP) is 1.56. The molecule has 74 valence electrons. The van der Waals surface area contributed by atoms with E-state index in [0.717, 1.165) is 0 Å². The summed E-state index contributed by atoms with van der Waals surface area (Å²) in [5.74, 6) is -0.0330. The van der Waals surface area contributed by atoms with Crippen LogP contribution in [0.25, 0.3) is 0 Å². The van der Waals surface area contributed by atoms with Gasteiger partial charge in [0.1, 0.15) is 6.17 Å². The molecule has 0 radical (unpaired) electrons. The van der Waals surface area contributed by atoms with Gasteiger partial charge in [-0.3, -0.25) is 0 Å². The zero-order valence-electron chi connectivity index (χ0n) is 7.24. The molecule has 0 aromatic carbocycles. The molecule has 0 aromatic rings. The fourth-order valence-corrected chi connectivity index (χ4v) is 3.04. The minimum Gasteiger partial charge on any atom is -0.450 e. The average Bonchev–Trinajstić information content (AvgIpc) is 2.61. The molecule has 13 heavy (non-hydrogen) atoms. The van der Waals surface area contributed by atoms with E-state index in [4.69, 9.17) is 4.74 Å². The first-order valence-electron chi connectivity index (χ1n) is 4.38. The van der Waals surface area contributed by atoms with Gasteiger partial charge < -0.3 is 9.64 Å². The van der Waals surface area contributed by atoms with Crippen LogP contribution in [0.1, 0.15) is 6.92 Å². The summed E-state index contributed by atoms with van der Waals surface area (Å²) in [7, 11) is 0. The number of ether oxygens (including phenoxy) is 1. The lowest BCUT2D eigenvalue weighted by molar-refractivity contribution is 0.0818. The van der Waals surface area contributed by atoms with Crippen molar-refractivity contribution in [1.82, 2.24) is 4.90 Å². The minimum absolute atomic E-state index is 0.0330. The number of hydrogen-bond donors (Lipinski definition) is 0. The summed E-state index contributed by atoms with van der Waals surface area (Å²) in [6.45, 7) is 2.58. The number of fused-ring (bicyclic) bond motifs is 1. The van der Waals surface area contributed by atoms with Crippen LogP contribution in [-0.2, 0) is 4.74 Å². The molecular weight excluding hydrogens is 241 g/mol. The van der Waals surface area contributed by atoms with Crippen LogP contribution in [0.4, 0.5) is 9.18 Å². The third-order valence-corrected chi connectivity index (χ3v) is 3.96. The molecule has 0 N–H and O–H groups in total. The van der Waals surface area contributed by atoms with E-state index >= 15 is 0 Å². The highest BCUT2D eigenvalue weighted by Crippen LogP contribution is 2.47. The van der Waals surface area contributed by atoms with Crippen LogP contribution in [0.5, 0.6) is 0 Å². The summed E-state index contributed by atoms with van der Waals surface area (Å²) in [6.07, 6.45) is -1.26. The first kappa shape index (κ1) is 9.24. The van der Waals surface area contributed by atoms with Crippen molar-refractivity contribution in [3.63, 3.8) is 0 Å². The Hall–Kier alpha value is -0.320. The van der Waals surface area contributed by atoms with Gasteiger partial charge in [-0.05, 0) is 6.92 Å². The molecular formula is C8H11BrFNO2. The lowest BCUT2D eigenvalue weighted by atomic mass is 9.84. The topological polar surface area (TPSA) is 29.5 Å². The molecule has 3 rings (SSSR count). The van der Waals surface area contributed by atoms with Gasteiger partial charge >= 0.3 is 6.09 Å². The van der Waals surface area contributed by atoms with E-state index in [0.29, 0.717) is 13.2 Å². The Morgan fingerprint density at radius 2 is 2.46 bits per heavy atom. The first-order valence-corrected chi connectivity index (χ1v) is 5.30. The van der Waals surface area contributed by atoms with Gasteiger partial charge in [-0.2, -0.15) is 0 Å². The maximum atomic E-state index is 13.2. The number of hydrogen-bond acceptors (Lipinski definition) is 2. The summed E-state index contributed by atoms with van der Waals surface area (Å²) in [4.78, 5) is 12.9. The molecule has 5 heteroatoms. The van der Waals surface area contributed by atoms with E-state index in [-0.39, 0.29) is 22.9 Å². The molecule has 1 aliphatic carbocycles. The largest absolute Gasteiger partial charge is 0.450 e. The van der Waals surface area contributed by atoms with Crippen LogP contribution in [-0.4, -0.2) is 41.2 Å². The summed E-state index contributed by atoms with van der Waals surface area (Å²) in [6, 6.07) is -0.302. The van der Waals surface area contributed by atoms with Crippen LogP contribution < -0.4 is 0 Å². The summed E-state index contributed by atoms with van der Waals surface area (Å²) < 4.78 is 18.0. The van der Waals surface area contributed by atoms with E-state index in [9.17, 15) is 9.18 Å². The van der Waals surface area contributed by atoms with Gasteiger partial charge in [-0.25, -0.2) is 9.18 Å². The van der Waals surface area contributed by atoms with Crippen LogP contribution >= 0.6 is 15.9 Å². The molecule has 3 aliphatic rings. The van der Waals surface area contributed by atoms with Crippen LogP contribution in [0.15, 0.2) is 0 Å². The second kappa shape index (κ2) is 3.12. The fraction of sp³-hybridized carbons (Fsp3) is 0.875. The number of nitrogens with zero attached hydrogens (tertiary/aromatic N) is 1. The summed E-state index contributed by atoms with van der Waals surface area (Å²) in [5.41, 5.74) is 0. The Morgan fingerprint density at radius 1 is 1.77 bits per heavy atom. The number of halogens is 2. The monoisotopic (exact) mass is 251 g/mol. The van der Waals surface area contributed by atoms with Gasteiger partial charge in [0.2, 0.25) is 0 Å². The van der Waals surface area contributed by atoms with Crippen molar-refractivity contribution in [3.8, 4) is 0 Å². The quantitative estimate of drug-likeness (QED) is 0.663. The zero-order chi connectivity index (χ0) is 9.59. The average molecular weight is 252 g/mol. The van der Waals surface area contributed by atoms with Gasteiger partial charge in [-0.15, -0.1) is 0 Å². The Bertz CT molecular complexity index is 228. The van der Waals surface area contributed by atoms with E-state index in [1.165, 1.54) is 4.90 Å². The predicted molar refractivity (Wildman–Crippen MR) is 48.6 cm³/mol. The highest BCUT2D eigenvalue weighted by molar-refractivity contribution is 9.09. The minimum atomic E-state index is -0.867. The molecule has 1 saturated carbocycles. The molecule has 2 saturated heterocycles.